The SMILES string of the molecule is COc1cc(/C=N/NC(=O)c2cc(-c3ccccc3)nc3ccccc23)cc(Cl)c1OCc1ccc([N+](=O)[O-])cc1. The Morgan fingerprint density at radius 3 is 2.49 bits per heavy atom. The number of amides is 1. The summed E-state index contributed by atoms with van der Waals surface area (Å²) in [6, 6.07) is 28.1. The number of halogens is 1. The molecule has 204 valence electrons. The number of carbonyl (C=O) groups excluding carboxylic acids is 1. The molecule has 0 atom stereocenters. The molecule has 0 bridgehead atoms. The second-order valence-corrected chi connectivity index (χ2v) is 9.29. The maximum Gasteiger partial charge on any atom is 0.272 e. The van der Waals surface area contributed by atoms with Crippen molar-refractivity contribution in [1.82, 2.24) is 10.4 Å². The molecule has 0 aliphatic rings. The molecule has 1 aromatic heterocycles. The minimum absolute atomic E-state index is 0.00570. The average Bonchev–Trinajstić information content (AvgIpc) is 3.00. The van der Waals surface area contributed by atoms with Crippen LogP contribution < -0.4 is 14.9 Å². The number of aromatic nitrogens is 1. The van der Waals surface area contributed by atoms with Gasteiger partial charge in [0.15, 0.2) is 11.5 Å². The van der Waals surface area contributed by atoms with Gasteiger partial charge in [0.1, 0.15) is 6.61 Å². The summed E-state index contributed by atoms with van der Waals surface area (Å²) in [6.07, 6.45) is 1.45. The number of methoxy groups -OCH3 is 1. The fourth-order valence-electron chi connectivity index (χ4n) is 4.17. The minimum Gasteiger partial charge on any atom is -0.493 e. The number of nitro groups is 1. The average molecular weight is 567 g/mol. The van der Waals surface area contributed by atoms with Gasteiger partial charge in [-0.05, 0) is 47.5 Å². The van der Waals surface area contributed by atoms with E-state index < -0.39 is 10.8 Å². The Bertz CT molecular complexity index is 1760. The number of hydrazone groups is 1. The van der Waals surface area contributed by atoms with Crippen molar-refractivity contribution in [3.05, 3.63) is 129 Å². The van der Waals surface area contributed by atoms with E-state index in [-0.39, 0.29) is 17.3 Å². The molecule has 0 aliphatic heterocycles. The van der Waals surface area contributed by atoms with E-state index in [1.54, 1.807) is 30.3 Å². The quantitative estimate of drug-likeness (QED) is 0.119. The van der Waals surface area contributed by atoms with Crippen LogP contribution in [-0.2, 0) is 6.61 Å². The number of carbonyl (C=O) groups is 1. The third-order valence-electron chi connectivity index (χ3n) is 6.19. The predicted octanol–water partition coefficient (Wildman–Crippen LogP) is 6.81. The zero-order chi connectivity index (χ0) is 28.8. The highest BCUT2D eigenvalue weighted by Gasteiger charge is 2.15. The summed E-state index contributed by atoms with van der Waals surface area (Å²) >= 11 is 6.47. The monoisotopic (exact) mass is 566 g/mol. The van der Waals surface area contributed by atoms with Gasteiger partial charge >= 0.3 is 0 Å². The number of non-ortho nitro benzene ring substituents is 1. The molecule has 0 saturated carbocycles. The van der Waals surface area contributed by atoms with Gasteiger partial charge in [0, 0.05) is 23.1 Å². The molecule has 0 aliphatic carbocycles. The van der Waals surface area contributed by atoms with Crippen LogP contribution in [0.2, 0.25) is 5.02 Å². The molecule has 1 N–H and O–H groups in total. The second kappa shape index (κ2) is 12.3. The molecule has 1 amide bonds. The first-order valence-electron chi connectivity index (χ1n) is 12.4. The van der Waals surface area contributed by atoms with Gasteiger partial charge in [-0.3, -0.25) is 14.9 Å². The number of fused-ring (bicyclic) bond motifs is 1. The van der Waals surface area contributed by atoms with Crippen molar-refractivity contribution in [2.45, 2.75) is 6.61 Å². The van der Waals surface area contributed by atoms with E-state index in [0.717, 1.165) is 11.1 Å². The van der Waals surface area contributed by atoms with E-state index in [0.29, 0.717) is 39.2 Å². The van der Waals surface area contributed by atoms with Gasteiger partial charge in [0.05, 0.1) is 40.0 Å². The Labute approximate surface area is 240 Å². The maximum atomic E-state index is 13.2. The lowest BCUT2D eigenvalue weighted by molar-refractivity contribution is -0.384. The molecule has 0 radical (unpaired) electrons. The highest BCUT2D eigenvalue weighted by molar-refractivity contribution is 6.32. The van der Waals surface area contributed by atoms with Gasteiger partial charge < -0.3 is 9.47 Å². The summed E-state index contributed by atoms with van der Waals surface area (Å²) in [6.45, 7) is 0.127. The smallest absolute Gasteiger partial charge is 0.272 e. The molecule has 10 heteroatoms. The zero-order valence-corrected chi connectivity index (χ0v) is 22.5. The lowest BCUT2D eigenvalue weighted by atomic mass is 10.0. The Morgan fingerprint density at radius 1 is 1.02 bits per heavy atom. The Morgan fingerprint density at radius 2 is 1.76 bits per heavy atom. The number of nitrogens with one attached hydrogen (secondary N) is 1. The first kappa shape index (κ1) is 27.3. The van der Waals surface area contributed by atoms with Gasteiger partial charge in [-0.25, -0.2) is 10.4 Å². The van der Waals surface area contributed by atoms with E-state index in [1.807, 2.05) is 54.6 Å². The maximum absolute atomic E-state index is 13.2. The Balaban J connectivity index is 1.32. The highest BCUT2D eigenvalue weighted by atomic mass is 35.5. The van der Waals surface area contributed by atoms with Crippen molar-refractivity contribution >= 4 is 40.3 Å². The van der Waals surface area contributed by atoms with Crippen LogP contribution in [0.1, 0.15) is 21.5 Å². The molecule has 5 rings (SSSR count). The number of rotatable bonds is 9. The van der Waals surface area contributed by atoms with E-state index in [1.165, 1.54) is 25.5 Å². The molecule has 9 nitrogen and oxygen atoms in total. The topological polar surface area (TPSA) is 116 Å². The molecule has 41 heavy (non-hydrogen) atoms. The molecule has 0 spiro atoms. The van der Waals surface area contributed by atoms with Gasteiger partial charge in [0.2, 0.25) is 0 Å². The largest absolute Gasteiger partial charge is 0.493 e. The molecule has 0 unspecified atom stereocenters. The van der Waals surface area contributed by atoms with Crippen molar-refractivity contribution in [2.24, 2.45) is 5.10 Å². The standard InChI is InChI=1S/C31H23ClN4O5/c1-40-29-16-21(15-26(32)30(29)41-19-20-11-13-23(14-12-20)36(38)39)18-33-35-31(37)25-17-28(22-7-3-2-4-8-22)34-27-10-6-5-9-24(25)27/h2-18H,19H2,1H3,(H,35,37)/b33-18+. The number of nitro benzene ring substituents is 1. The van der Waals surface area contributed by atoms with Crippen molar-refractivity contribution < 1.29 is 19.2 Å². The molecule has 0 fully saturated rings. The van der Waals surface area contributed by atoms with Crippen molar-refractivity contribution in [1.29, 1.82) is 0 Å². The lowest BCUT2D eigenvalue weighted by Crippen LogP contribution is -2.18. The summed E-state index contributed by atoms with van der Waals surface area (Å²) in [5.41, 5.74) is 6.59. The zero-order valence-electron chi connectivity index (χ0n) is 21.8. The lowest BCUT2D eigenvalue weighted by Gasteiger charge is -2.13. The number of benzene rings is 4. The van der Waals surface area contributed by atoms with Crippen LogP contribution in [0.4, 0.5) is 5.69 Å². The number of hydrogen-bond donors (Lipinski definition) is 1. The molecular weight excluding hydrogens is 544 g/mol. The highest BCUT2D eigenvalue weighted by Crippen LogP contribution is 2.36. The van der Waals surface area contributed by atoms with Crippen LogP contribution in [-0.4, -0.2) is 29.1 Å². The van der Waals surface area contributed by atoms with Crippen molar-refractivity contribution in [2.75, 3.05) is 7.11 Å². The van der Waals surface area contributed by atoms with E-state index in [9.17, 15) is 14.9 Å². The van der Waals surface area contributed by atoms with E-state index in [4.69, 9.17) is 26.1 Å². The van der Waals surface area contributed by atoms with Crippen molar-refractivity contribution in [3.63, 3.8) is 0 Å². The number of hydrogen-bond acceptors (Lipinski definition) is 7. The van der Waals surface area contributed by atoms with Crippen LogP contribution in [0, 0.1) is 10.1 Å². The minimum atomic E-state index is -0.464. The summed E-state index contributed by atoms with van der Waals surface area (Å²) in [5, 5.41) is 16.0. The third-order valence-corrected chi connectivity index (χ3v) is 6.47. The summed E-state index contributed by atoms with van der Waals surface area (Å²) in [7, 11) is 1.48. The molecule has 4 aromatic carbocycles. The van der Waals surface area contributed by atoms with E-state index in [2.05, 4.69) is 10.5 Å². The summed E-state index contributed by atoms with van der Waals surface area (Å²) < 4.78 is 11.3. The number of ether oxygens (including phenoxy) is 2. The summed E-state index contributed by atoms with van der Waals surface area (Å²) in [5.74, 6) is 0.281. The molecule has 0 saturated heterocycles. The third kappa shape index (κ3) is 6.32. The van der Waals surface area contributed by atoms with Crippen LogP contribution in [0.3, 0.4) is 0 Å². The summed E-state index contributed by atoms with van der Waals surface area (Å²) in [4.78, 5) is 28.3. The molecular formula is C31H23ClN4O5. The normalized spacial score (nSPS) is 11.0. The Kier molecular flexibility index (Phi) is 8.17. The van der Waals surface area contributed by atoms with Crippen LogP contribution in [0.25, 0.3) is 22.2 Å². The number of nitrogens with zero attached hydrogens (tertiary/aromatic N) is 3. The number of para-hydroxylation sites is 1. The predicted molar refractivity (Wildman–Crippen MR) is 158 cm³/mol. The van der Waals surface area contributed by atoms with Crippen LogP contribution in [0.15, 0.2) is 102 Å². The van der Waals surface area contributed by atoms with E-state index >= 15 is 0 Å². The fourth-order valence-corrected chi connectivity index (χ4v) is 4.44. The Hall–Kier alpha value is -5.28. The van der Waals surface area contributed by atoms with Gasteiger partial charge in [-0.1, -0.05) is 60.1 Å². The van der Waals surface area contributed by atoms with Gasteiger partial charge in [-0.2, -0.15) is 5.10 Å². The van der Waals surface area contributed by atoms with Crippen LogP contribution >= 0.6 is 11.6 Å². The van der Waals surface area contributed by atoms with Crippen LogP contribution in [0.5, 0.6) is 11.5 Å². The molecule has 1 heterocycles. The number of pyridine rings is 1. The fraction of sp³-hybridized carbons (Fsp3) is 0.0645. The second-order valence-electron chi connectivity index (χ2n) is 8.88. The molecule has 5 aromatic rings. The first-order chi connectivity index (χ1) is 19.9. The van der Waals surface area contributed by atoms with Gasteiger partial charge in [-0.15, -0.1) is 0 Å². The van der Waals surface area contributed by atoms with Crippen molar-refractivity contribution in [3.8, 4) is 22.8 Å². The van der Waals surface area contributed by atoms with Gasteiger partial charge in [0.25, 0.3) is 11.6 Å². The first-order valence-corrected chi connectivity index (χ1v) is 12.8.